The minimum atomic E-state index is -0.242. The molecule has 4 rings (SSSR count). The van der Waals surface area contributed by atoms with Crippen LogP contribution in [0.5, 0.6) is 0 Å². The van der Waals surface area contributed by atoms with Gasteiger partial charge in [0.2, 0.25) is 5.58 Å². The third-order valence-electron chi connectivity index (χ3n) is 4.07. The Bertz CT molecular complexity index is 1100. The van der Waals surface area contributed by atoms with Crippen LogP contribution >= 0.6 is 15.9 Å². The number of hydrogen-bond acceptors (Lipinski definition) is 4. The van der Waals surface area contributed by atoms with Crippen molar-refractivity contribution >= 4 is 38.0 Å². The summed E-state index contributed by atoms with van der Waals surface area (Å²) in [6.45, 7) is 1.31. The molecule has 5 nitrogen and oxygen atoms in total. The lowest BCUT2D eigenvalue weighted by Crippen LogP contribution is -2.21. The van der Waals surface area contributed by atoms with Crippen molar-refractivity contribution in [1.29, 1.82) is 0 Å². The molecule has 25 heavy (non-hydrogen) atoms. The van der Waals surface area contributed by atoms with Gasteiger partial charge in [-0.3, -0.25) is 9.69 Å². The van der Waals surface area contributed by atoms with E-state index < -0.39 is 0 Å². The van der Waals surface area contributed by atoms with Gasteiger partial charge in [0, 0.05) is 16.4 Å². The molecule has 4 aromatic rings. The standard InChI is InChI=1S/C19H16BrN3O2/c1-23(10-12-6-8-13(20)9-7-12)11-16-21-17-14-4-2-3-5-15(14)25-18(17)19(24)22-16/h2-9H,10-11H2,1H3,(H,21,22,24). The summed E-state index contributed by atoms with van der Waals surface area (Å²) in [5, 5.41) is 0.861. The summed E-state index contributed by atoms with van der Waals surface area (Å²) in [5.41, 5.74) is 2.53. The summed E-state index contributed by atoms with van der Waals surface area (Å²) in [4.78, 5) is 21.9. The van der Waals surface area contributed by atoms with E-state index in [9.17, 15) is 4.79 Å². The Hall–Kier alpha value is -2.44. The van der Waals surface area contributed by atoms with Gasteiger partial charge in [-0.2, -0.15) is 0 Å². The number of fused-ring (bicyclic) bond motifs is 3. The van der Waals surface area contributed by atoms with E-state index in [1.165, 1.54) is 5.56 Å². The average molecular weight is 398 g/mol. The summed E-state index contributed by atoms with van der Waals surface area (Å²) < 4.78 is 6.68. The van der Waals surface area contributed by atoms with Gasteiger partial charge in [-0.25, -0.2) is 4.98 Å². The average Bonchev–Trinajstić information content (AvgIpc) is 2.96. The lowest BCUT2D eigenvalue weighted by molar-refractivity contribution is 0.310. The topological polar surface area (TPSA) is 62.1 Å². The van der Waals surface area contributed by atoms with Crippen molar-refractivity contribution in [3.05, 3.63) is 74.7 Å². The molecule has 0 aliphatic heterocycles. The van der Waals surface area contributed by atoms with E-state index in [2.05, 4.69) is 42.9 Å². The fourth-order valence-corrected chi connectivity index (χ4v) is 3.20. The minimum Gasteiger partial charge on any atom is -0.449 e. The maximum Gasteiger partial charge on any atom is 0.294 e. The van der Waals surface area contributed by atoms with Crippen LogP contribution in [0.1, 0.15) is 11.4 Å². The minimum absolute atomic E-state index is 0.242. The zero-order valence-corrected chi connectivity index (χ0v) is 15.2. The van der Waals surface area contributed by atoms with E-state index in [1.807, 2.05) is 43.4 Å². The number of aromatic nitrogens is 2. The molecule has 6 heteroatoms. The summed E-state index contributed by atoms with van der Waals surface area (Å²) in [5.74, 6) is 0.628. The van der Waals surface area contributed by atoms with Crippen LogP contribution in [0.25, 0.3) is 22.1 Å². The molecule has 1 N–H and O–H groups in total. The normalized spacial score (nSPS) is 11.6. The molecule has 0 radical (unpaired) electrons. The number of nitrogens with one attached hydrogen (secondary N) is 1. The third-order valence-corrected chi connectivity index (χ3v) is 4.59. The van der Waals surface area contributed by atoms with Crippen LogP contribution in [0.4, 0.5) is 0 Å². The molecule has 2 aromatic carbocycles. The zero-order chi connectivity index (χ0) is 17.4. The maximum atomic E-state index is 12.3. The lowest BCUT2D eigenvalue weighted by atomic mass is 10.2. The Labute approximate surface area is 152 Å². The zero-order valence-electron chi connectivity index (χ0n) is 13.6. The first-order chi connectivity index (χ1) is 12.1. The fourth-order valence-electron chi connectivity index (χ4n) is 2.94. The number of furan rings is 1. The molecular weight excluding hydrogens is 382 g/mol. The van der Waals surface area contributed by atoms with Gasteiger partial charge in [0.05, 0.1) is 6.54 Å². The van der Waals surface area contributed by atoms with Crippen molar-refractivity contribution < 1.29 is 4.42 Å². The van der Waals surface area contributed by atoms with Gasteiger partial charge in [0.25, 0.3) is 5.56 Å². The van der Waals surface area contributed by atoms with Crippen LogP contribution in [0, 0.1) is 0 Å². The van der Waals surface area contributed by atoms with Crippen molar-refractivity contribution in [2.24, 2.45) is 0 Å². The number of benzene rings is 2. The summed E-state index contributed by atoms with van der Waals surface area (Å²) >= 11 is 3.44. The molecule has 126 valence electrons. The Kier molecular flexibility index (Phi) is 4.15. The maximum absolute atomic E-state index is 12.3. The number of rotatable bonds is 4. The van der Waals surface area contributed by atoms with E-state index in [0.29, 0.717) is 23.5 Å². The first-order valence-corrected chi connectivity index (χ1v) is 8.73. The molecule has 0 amide bonds. The Morgan fingerprint density at radius 2 is 1.88 bits per heavy atom. The number of para-hydroxylation sites is 1. The van der Waals surface area contributed by atoms with Crippen molar-refractivity contribution in [1.82, 2.24) is 14.9 Å². The number of H-pyrrole nitrogens is 1. The molecule has 0 aliphatic carbocycles. The van der Waals surface area contributed by atoms with Gasteiger partial charge in [-0.1, -0.05) is 40.2 Å². The molecule has 0 saturated carbocycles. The smallest absolute Gasteiger partial charge is 0.294 e. The van der Waals surface area contributed by atoms with Crippen LogP contribution in [0.2, 0.25) is 0 Å². The summed E-state index contributed by atoms with van der Waals surface area (Å²) in [6, 6.07) is 15.7. The second-order valence-corrected chi connectivity index (χ2v) is 7.00. The molecule has 0 unspecified atom stereocenters. The van der Waals surface area contributed by atoms with Crippen molar-refractivity contribution in [3.8, 4) is 0 Å². The van der Waals surface area contributed by atoms with Gasteiger partial charge in [-0.15, -0.1) is 0 Å². The molecule has 0 atom stereocenters. The van der Waals surface area contributed by atoms with Gasteiger partial charge in [-0.05, 0) is 36.9 Å². The lowest BCUT2D eigenvalue weighted by Gasteiger charge is -2.16. The predicted octanol–water partition coefficient (Wildman–Crippen LogP) is 4.06. The van der Waals surface area contributed by atoms with Crippen LogP contribution in [0.15, 0.2) is 62.2 Å². The Morgan fingerprint density at radius 1 is 1.12 bits per heavy atom. The highest BCUT2D eigenvalue weighted by Crippen LogP contribution is 2.24. The van der Waals surface area contributed by atoms with Crippen molar-refractivity contribution in [3.63, 3.8) is 0 Å². The molecule has 0 aliphatic rings. The molecule has 0 fully saturated rings. The van der Waals surface area contributed by atoms with E-state index >= 15 is 0 Å². The Balaban J connectivity index is 1.63. The molecule has 0 saturated heterocycles. The van der Waals surface area contributed by atoms with E-state index in [-0.39, 0.29) is 11.1 Å². The van der Waals surface area contributed by atoms with Crippen LogP contribution in [-0.2, 0) is 13.1 Å². The van der Waals surface area contributed by atoms with Crippen LogP contribution < -0.4 is 5.56 Å². The van der Waals surface area contributed by atoms with Crippen molar-refractivity contribution in [2.45, 2.75) is 13.1 Å². The number of halogens is 1. The summed E-state index contributed by atoms with van der Waals surface area (Å²) in [6.07, 6.45) is 0. The first kappa shape index (κ1) is 16.1. The van der Waals surface area contributed by atoms with Crippen molar-refractivity contribution in [2.75, 3.05) is 7.05 Å². The monoisotopic (exact) mass is 397 g/mol. The highest BCUT2D eigenvalue weighted by atomic mass is 79.9. The predicted molar refractivity (Wildman–Crippen MR) is 101 cm³/mol. The number of nitrogens with zero attached hydrogens (tertiary/aromatic N) is 2. The molecule has 0 bridgehead atoms. The third kappa shape index (κ3) is 3.23. The SMILES string of the molecule is CN(Cc1ccc(Br)cc1)Cc1nc2c(oc3ccccc32)c(=O)[nH]1. The fraction of sp³-hybridized carbons (Fsp3) is 0.158. The second-order valence-electron chi connectivity index (χ2n) is 6.09. The molecule has 0 spiro atoms. The van der Waals surface area contributed by atoms with Gasteiger partial charge >= 0.3 is 0 Å². The van der Waals surface area contributed by atoms with Gasteiger partial charge in [0.1, 0.15) is 16.9 Å². The van der Waals surface area contributed by atoms with Gasteiger partial charge < -0.3 is 9.40 Å². The van der Waals surface area contributed by atoms with E-state index in [4.69, 9.17) is 4.42 Å². The number of aromatic amines is 1. The Morgan fingerprint density at radius 3 is 2.68 bits per heavy atom. The molecule has 2 heterocycles. The second kappa shape index (κ2) is 6.46. The van der Waals surface area contributed by atoms with E-state index in [1.54, 1.807) is 0 Å². The molecule has 2 aromatic heterocycles. The number of hydrogen-bond donors (Lipinski definition) is 1. The summed E-state index contributed by atoms with van der Waals surface area (Å²) in [7, 11) is 2.00. The highest BCUT2D eigenvalue weighted by Gasteiger charge is 2.13. The highest BCUT2D eigenvalue weighted by molar-refractivity contribution is 9.10. The van der Waals surface area contributed by atoms with Gasteiger partial charge in [0.15, 0.2) is 0 Å². The molecular formula is C19H16BrN3O2. The van der Waals surface area contributed by atoms with Crippen LogP contribution in [-0.4, -0.2) is 21.9 Å². The largest absolute Gasteiger partial charge is 0.449 e. The van der Waals surface area contributed by atoms with E-state index in [0.717, 1.165) is 16.4 Å². The first-order valence-electron chi connectivity index (χ1n) is 7.93. The quantitative estimate of drug-likeness (QED) is 0.563. The van der Waals surface area contributed by atoms with Crippen LogP contribution in [0.3, 0.4) is 0 Å².